The Labute approximate surface area is 141 Å². The highest BCUT2D eigenvalue weighted by Crippen LogP contribution is 2.36. The molecular weight excluding hydrogens is 314 g/mol. The van der Waals surface area contributed by atoms with Gasteiger partial charge in [0.2, 0.25) is 0 Å². The predicted octanol–water partition coefficient (Wildman–Crippen LogP) is 3.02. The van der Waals surface area contributed by atoms with Gasteiger partial charge < -0.3 is 0 Å². The Morgan fingerprint density at radius 1 is 0.958 bits per heavy atom. The normalized spacial score (nSPS) is 13.1. The maximum absolute atomic E-state index is 4.68. The predicted molar refractivity (Wildman–Crippen MR) is 99.6 cm³/mol. The number of thiophene rings is 1. The molecule has 3 aromatic heterocycles. The Bertz CT molecular complexity index is 1290. The van der Waals surface area contributed by atoms with Crippen LogP contribution < -0.4 is 10.4 Å². The average Bonchev–Trinajstić information content (AvgIpc) is 2.88. The van der Waals surface area contributed by atoms with Crippen molar-refractivity contribution in [1.29, 1.82) is 0 Å². The molecule has 0 aliphatic carbocycles. The summed E-state index contributed by atoms with van der Waals surface area (Å²) in [6.45, 7) is 0. The first-order valence-corrected chi connectivity index (χ1v) is 8.44. The number of hydrogen-bond donors (Lipinski definition) is 0. The van der Waals surface area contributed by atoms with E-state index < -0.39 is 0 Å². The lowest BCUT2D eigenvalue weighted by Crippen LogP contribution is -2.26. The second-order valence-electron chi connectivity index (χ2n) is 5.52. The van der Waals surface area contributed by atoms with Crippen molar-refractivity contribution in [3.63, 3.8) is 0 Å². The van der Waals surface area contributed by atoms with Gasteiger partial charge in [0.25, 0.3) is 0 Å². The number of hydrogen-bond acceptors (Lipinski definition) is 4. The number of fused-ring (bicyclic) bond motifs is 4. The van der Waals surface area contributed by atoms with E-state index in [1.807, 2.05) is 48.9 Å². The summed E-state index contributed by atoms with van der Waals surface area (Å²) in [5.41, 5.74) is 1.76. The fraction of sp³-hybridized carbons (Fsp3) is 0. The van der Waals surface area contributed by atoms with Gasteiger partial charge in [-0.25, -0.2) is 4.99 Å². The van der Waals surface area contributed by atoms with E-state index in [0.717, 1.165) is 31.9 Å². The second-order valence-corrected chi connectivity index (χ2v) is 6.60. The Hall–Kier alpha value is -3.07. The van der Waals surface area contributed by atoms with Gasteiger partial charge in [0.05, 0.1) is 10.4 Å². The topological polar surface area (TPSA) is 38.1 Å². The summed E-state index contributed by atoms with van der Waals surface area (Å²) >= 11 is 1.73. The first kappa shape index (κ1) is 13.4. The summed E-state index contributed by atoms with van der Waals surface area (Å²) in [5, 5.41) is 4.51. The lowest BCUT2D eigenvalue weighted by atomic mass is 10.1. The van der Waals surface area contributed by atoms with Crippen LogP contribution in [0.3, 0.4) is 0 Å². The molecule has 112 valence electrons. The molecule has 0 saturated carbocycles. The van der Waals surface area contributed by atoms with Crippen molar-refractivity contribution in [2.24, 2.45) is 4.99 Å². The molecule has 0 radical (unpaired) electrons. The molecule has 0 saturated heterocycles. The van der Waals surface area contributed by atoms with Crippen LogP contribution in [-0.2, 0) is 0 Å². The van der Waals surface area contributed by atoms with Crippen LogP contribution in [0.1, 0.15) is 5.69 Å². The Morgan fingerprint density at radius 2 is 1.92 bits per heavy atom. The molecule has 0 unspecified atom stereocenters. The van der Waals surface area contributed by atoms with Gasteiger partial charge in [-0.3, -0.25) is 9.97 Å². The number of allylic oxidation sites excluding steroid dienone is 1. The van der Waals surface area contributed by atoms with E-state index in [0.29, 0.717) is 0 Å². The van der Waals surface area contributed by atoms with Crippen LogP contribution in [0.15, 0.2) is 66.1 Å². The van der Waals surface area contributed by atoms with Crippen molar-refractivity contribution in [2.75, 3.05) is 0 Å². The molecule has 0 N–H and O–H groups in total. The molecule has 4 aromatic rings. The minimum atomic E-state index is 0.859. The summed E-state index contributed by atoms with van der Waals surface area (Å²) in [5.74, 6) is 3.01. The molecule has 0 atom stereocenters. The molecule has 4 heterocycles. The van der Waals surface area contributed by atoms with Crippen molar-refractivity contribution in [1.82, 2.24) is 9.97 Å². The third-order valence-electron chi connectivity index (χ3n) is 4.14. The molecule has 0 spiro atoms. The van der Waals surface area contributed by atoms with Crippen LogP contribution in [0.2, 0.25) is 0 Å². The first-order chi connectivity index (χ1) is 11.9. The highest BCUT2D eigenvalue weighted by Gasteiger charge is 2.14. The molecule has 0 bridgehead atoms. The molecule has 1 aromatic carbocycles. The minimum absolute atomic E-state index is 0.859. The van der Waals surface area contributed by atoms with Crippen LogP contribution >= 0.6 is 11.3 Å². The van der Waals surface area contributed by atoms with Crippen LogP contribution in [0.5, 0.6) is 0 Å². The quantitative estimate of drug-likeness (QED) is 0.539. The van der Waals surface area contributed by atoms with Crippen LogP contribution in [-0.4, -0.2) is 15.8 Å². The van der Waals surface area contributed by atoms with E-state index >= 15 is 0 Å². The Kier molecular flexibility index (Phi) is 2.92. The summed E-state index contributed by atoms with van der Waals surface area (Å²) in [6, 6.07) is 12.3. The Morgan fingerprint density at radius 3 is 2.92 bits per heavy atom. The second kappa shape index (κ2) is 5.24. The van der Waals surface area contributed by atoms with Crippen molar-refractivity contribution >= 4 is 49.2 Å². The van der Waals surface area contributed by atoms with Crippen molar-refractivity contribution in [3.05, 3.63) is 77.2 Å². The van der Waals surface area contributed by atoms with Crippen LogP contribution in [0.25, 0.3) is 31.9 Å². The first-order valence-electron chi connectivity index (χ1n) is 7.62. The van der Waals surface area contributed by atoms with Crippen molar-refractivity contribution < 1.29 is 0 Å². The zero-order valence-corrected chi connectivity index (χ0v) is 13.4. The maximum Gasteiger partial charge on any atom is 0.107 e. The van der Waals surface area contributed by atoms with Gasteiger partial charge in [-0.15, -0.1) is 11.3 Å². The zero-order valence-electron chi connectivity index (χ0n) is 12.6. The number of nitrogens with zero attached hydrogens (tertiary/aromatic N) is 3. The fourth-order valence-electron chi connectivity index (χ4n) is 3.08. The van der Waals surface area contributed by atoms with Crippen molar-refractivity contribution in [3.8, 4) is 0 Å². The highest BCUT2D eigenvalue weighted by molar-refractivity contribution is 7.25. The van der Waals surface area contributed by atoms with Gasteiger partial charge in [0.1, 0.15) is 5.70 Å². The van der Waals surface area contributed by atoms with E-state index in [1.54, 1.807) is 11.3 Å². The lowest BCUT2D eigenvalue weighted by molar-refractivity contribution is 1.28. The number of rotatable bonds is 1. The number of aliphatic imine (C=N–C) groups is 1. The van der Waals surface area contributed by atoms with Gasteiger partial charge in [-0.1, -0.05) is 24.3 Å². The molecule has 24 heavy (non-hydrogen) atoms. The molecule has 1 aliphatic heterocycles. The molecule has 3 nitrogen and oxygen atoms in total. The van der Waals surface area contributed by atoms with Crippen molar-refractivity contribution in [2.45, 2.75) is 0 Å². The monoisotopic (exact) mass is 325 g/mol. The van der Waals surface area contributed by atoms with Gasteiger partial charge >= 0.3 is 0 Å². The SMILES string of the molecule is C1=CC=c2ccccc2=C(c2nccc3sc4cnccc4c23)N=1. The summed E-state index contributed by atoms with van der Waals surface area (Å²) in [6.07, 6.45) is 9.47. The number of aromatic nitrogens is 2. The van der Waals surface area contributed by atoms with Crippen LogP contribution in [0.4, 0.5) is 0 Å². The van der Waals surface area contributed by atoms with Gasteiger partial charge in [-0.2, -0.15) is 0 Å². The number of pyridine rings is 2. The zero-order chi connectivity index (χ0) is 15.9. The van der Waals surface area contributed by atoms with E-state index in [9.17, 15) is 0 Å². The Balaban J connectivity index is 2.01. The highest BCUT2D eigenvalue weighted by atomic mass is 32.1. The lowest BCUT2D eigenvalue weighted by Gasteiger charge is -2.03. The van der Waals surface area contributed by atoms with Crippen LogP contribution in [0, 0.1) is 0 Å². The summed E-state index contributed by atoms with van der Waals surface area (Å²) in [7, 11) is 0. The van der Waals surface area contributed by atoms with E-state index in [2.05, 4.69) is 39.0 Å². The van der Waals surface area contributed by atoms with Gasteiger partial charge in [0, 0.05) is 45.4 Å². The summed E-state index contributed by atoms with van der Waals surface area (Å²) in [4.78, 5) is 13.5. The molecule has 5 rings (SSSR count). The molecule has 4 heteroatoms. The minimum Gasteiger partial charge on any atom is -0.263 e. The number of benzene rings is 1. The van der Waals surface area contributed by atoms with E-state index in [4.69, 9.17) is 0 Å². The van der Waals surface area contributed by atoms with E-state index in [-0.39, 0.29) is 0 Å². The van der Waals surface area contributed by atoms with Gasteiger partial charge in [0.15, 0.2) is 0 Å². The molecule has 1 aliphatic rings. The standard InChI is InChI=1S/C20H11N3S/c1-2-6-14-13(4-1)5-3-9-22-19(14)20-18-15-7-10-21-12-17(15)24-16(18)8-11-23-20/h1-8,10-12H. The molecule has 0 fully saturated rings. The smallest absolute Gasteiger partial charge is 0.107 e. The van der Waals surface area contributed by atoms with Gasteiger partial charge in [-0.05, 0) is 29.3 Å². The summed E-state index contributed by atoms with van der Waals surface area (Å²) < 4.78 is 2.36. The molecular formula is C20H11N3S. The van der Waals surface area contributed by atoms with E-state index in [1.165, 1.54) is 10.1 Å². The fourth-order valence-corrected chi connectivity index (χ4v) is 4.15. The third kappa shape index (κ3) is 1.95. The largest absolute Gasteiger partial charge is 0.263 e. The maximum atomic E-state index is 4.68. The average molecular weight is 325 g/mol. The third-order valence-corrected chi connectivity index (χ3v) is 5.25. The molecule has 0 amide bonds.